The van der Waals surface area contributed by atoms with Gasteiger partial charge in [0, 0.05) is 0 Å². The highest BCUT2D eigenvalue weighted by molar-refractivity contribution is 7.45. The summed E-state index contributed by atoms with van der Waals surface area (Å²) >= 11 is 0. The van der Waals surface area contributed by atoms with Gasteiger partial charge in [-0.25, -0.2) is 0 Å². The Morgan fingerprint density at radius 3 is 1.64 bits per heavy atom. The topological polar surface area (TPSA) is 99.1 Å². The van der Waals surface area contributed by atoms with Crippen LogP contribution in [0, 0.1) is 23.7 Å². The van der Waals surface area contributed by atoms with Gasteiger partial charge in [0.2, 0.25) is 0 Å². The first-order chi connectivity index (χ1) is 16.6. The van der Waals surface area contributed by atoms with Gasteiger partial charge in [0.05, 0.1) is 33.9 Å². The van der Waals surface area contributed by atoms with Gasteiger partial charge in [-0.1, -0.05) is 92.4 Å². The van der Waals surface area contributed by atoms with Crippen LogP contribution in [0.5, 0.6) is 0 Å². The molecule has 7 nitrogen and oxygen atoms in total. The Kier molecular flexibility index (Phi) is 19.1. The van der Waals surface area contributed by atoms with Gasteiger partial charge < -0.3 is 28.6 Å². The number of phosphoric acid groups is 1. The van der Waals surface area contributed by atoms with Crippen molar-refractivity contribution in [3.05, 3.63) is 0 Å². The summed E-state index contributed by atoms with van der Waals surface area (Å²) < 4.78 is 22.9. The van der Waals surface area contributed by atoms with Gasteiger partial charge in [-0.05, 0) is 36.5 Å². The molecule has 0 saturated heterocycles. The molecule has 6 atom stereocenters. The molecule has 0 spiro atoms. The molecule has 0 amide bonds. The van der Waals surface area contributed by atoms with Crippen LogP contribution in [0.15, 0.2) is 0 Å². The van der Waals surface area contributed by atoms with Crippen LogP contribution in [0.1, 0.15) is 105 Å². The number of aliphatic hydroxyl groups is 2. The number of nitrogens with zero attached hydrogens (tertiary/aromatic N) is 1. The van der Waals surface area contributed by atoms with Crippen LogP contribution in [0.2, 0.25) is 0 Å². The molecular weight excluding hydrogens is 477 g/mol. The SMILES string of the molecule is CC(C)CCCC(C)CCCC(C)CCCC(C)CCC(OP(=O)([O-])OCC[N+](C)(C)C)[C@@H](O)CO. The molecule has 0 fully saturated rings. The average molecular weight is 538 g/mol. The van der Waals surface area contributed by atoms with Crippen LogP contribution in [-0.2, 0) is 13.6 Å². The molecule has 0 aliphatic rings. The molecule has 0 aromatic carbocycles. The second kappa shape index (κ2) is 19.1. The second-order valence-corrected chi connectivity index (χ2v) is 14.1. The van der Waals surface area contributed by atoms with Gasteiger partial charge in [0.25, 0.3) is 7.82 Å². The van der Waals surface area contributed by atoms with E-state index in [4.69, 9.17) is 9.05 Å². The van der Waals surface area contributed by atoms with Crippen molar-refractivity contribution in [2.24, 2.45) is 23.7 Å². The van der Waals surface area contributed by atoms with E-state index in [9.17, 15) is 19.7 Å². The predicted molar refractivity (Wildman–Crippen MR) is 148 cm³/mol. The Morgan fingerprint density at radius 2 is 1.22 bits per heavy atom. The number of aliphatic hydroxyl groups excluding tert-OH is 2. The average Bonchev–Trinajstić information content (AvgIpc) is 2.74. The van der Waals surface area contributed by atoms with E-state index in [1.807, 2.05) is 21.1 Å². The van der Waals surface area contributed by atoms with Crippen molar-refractivity contribution < 1.29 is 33.2 Å². The zero-order chi connectivity index (χ0) is 27.8. The fourth-order valence-corrected chi connectivity index (χ4v) is 5.39. The molecular formula is C28H60NO6P. The number of hydrogen-bond donors (Lipinski definition) is 2. The van der Waals surface area contributed by atoms with E-state index >= 15 is 0 Å². The number of rotatable bonds is 23. The first-order valence-electron chi connectivity index (χ1n) is 14.4. The quantitative estimate of drug-likeness (QED) is 0.127. The molecule has 0 saturated carbocycles. The Bertz CT molecular complexity index is 583. The third kappa shape index (κ3) is 21.0. The van der Waals surface area contributed by atoms with Crippen LogP contribution in [0.4, 0.5) is 0 Å². The lowest BCUT2D eigenvalue weighted by atomic mass is 9.90. The van der Waals surface area contributed by atoms with Gasteiger partial charge in [-0.15, -0.1) is 0 Å². The predicted octanol–water partition coefficient (Wildman–Crippen LogP) is 5.77. The van der Waals surface area contributed by atoms with Gasteiger partial charge in [-0.3, -0.25) is 4.57 Å². The van der Waals surface area contributed by atoms with Gasteiger partial charge >= 0.3 is 0 Å². The molecule has 2 N–H and O–H groups in total. The maximum atomic E-state index is 12.2. The van der Waals surface area contributed by atoms with Crippen LogP contribution in [0.25, 0.3) is 0 Å². The van der Waals surface area contributed by atoms with Crippen molar-refractivity contribution in [3.8, 4) is 0 Å². The molecule has 0 aliphatic heterocycles. The highest BCUT2D eigenvalue weighted by Crippen LogP contribution is 2.41. The zero-order valence-corrected chi connectivity index (χ0v) is 25.7. The summed E-state index contributed by atoms with van der Waals surface area (Å²) in [5, 5.41) is 19.5. The highest BCUT2D eigenvalue weighted by atomic mass is 31.2. The minimum Gasteiger partial charge on any atom is -0.756 e. The number of phosphoric ester groups is 1. The molecule has 0 aromatic heterocycles. The van der Waals surface area contributed by atoms with Crippen LogP contribution < -0.4 is 4.89 Å². The third-order valence-corrected chi connectivity index (χ3v) is 8.13. The summed E-state index contributed by atoms with van der Waals surface area (Å²) in [6, 6.07) is 0. The van der Waals surface area contributed by atoms with Crippen molar-refractivity contribution in [1.29, 1.82) is 0 Å². The Labute approximate surface area is 223 Å². The highest BCUT2D eigenvalue weighted by Gasteiger charge is 2.26. The molecule has 0 aromatic rings. The summed E-state index contributed by atoms with van der Waals surface area (Å²) in [6.07, 6.45) is 10.2. The minimum absolute atomic E-state index is 0.0118. The van der Waals surface area contributed by atoms with E-state index in [1.165, 1.54) is 44.9 Å². The van der Waals surface area contributed by atoms with Crippen molar-refractivity contribution in [3.63, 3.8) is 0 Å². The third-order valence-electron chi connectivity index (χ3n) is 7.10. The van der Waals surface area contributed by atoms with Crippen LogP contribution in [0.3, 0.4) is 0 Å². The van der Waals surface area contributed by atoms with E-state index < -0.39 is 26.6 Å². The first kappa shape index (κ1) is 36.0. The monoisotopic (exact) mass is 537 g/mol. The lowest BCUT2D eigenvalue weighted by Gasteiger charge is -2.32. The molecule has 36 heavy (non-hydrogen) atoms. The first-order valence-corrected chi connectivity index (χ1v) is 15.8. The van der Waals surface area contributed by atoms with Crippen molar-refractivity contribution in [2.75, 3.05) is 40.9 Å². The smallest absolute Gasteiger partial charge is 0.268 e. The molecule has 0 bridgehead atoms. The number of likely N-dealkylation sites (N-methyl/N-ethyl adjacent to an activating group) is 1. The molecule has 0 heterocycles. The van der Waals surface area contributed by atoms with E-state index in [0.717, 1.165) is 37.0 Å². The van der Waals surface area contributed by atoms with Gasteiger partial charge in [0.1, 0.15) is 19.3 Å². The Balaban J connectivity index is 4.25. The second-order valence-electron chi connectivity index (χ2n) is 12.8. The van der Waals surface area contributed by atoms with Gasteiger partial charge in [-0.2, -0.15) is 0 Å². The number of quaternary nitrogens is 1. The van der Waals surface area contributed by atoms with Crippen molar-refractivity contribution in [1.82, 2.24) is 0 Å². The fourth-order valence-electron chi connectivity index (χ4n) is 4.44. The lowest BCUT2D eigenvalue weighted by molar-refractivity contribution is -0.870. The van der Waals surface area contributed by atoms with Gasteiger partial charge in [0.15, 0.2) is 0 Å². The molecule has 5 unspecified atom stereocenters. The Morgan fingerprint density at radius 1 is 0.778 bits per heavy atom. The largest absolute Gasteiger partial charge is 0.756 e. The summed E-state index contributed by atoms with van der Waals surface area (Å²) in [5.74, 6) is 2.75. The maximum Gasteiger partial charge on any atom is 0.268 e. The Hall–Kier alpha value is -0.0100. The zero-order valence-electron chi connectivity index (χ0n) is 24.8. The minimum atomic E-state index is -4.56. The fraction of sp³-hybridized carbons (Fsp3) is 1.00. The van der Waals surface area contributed by atoms with E-state index in [2.05, 4.69) is 34.6 Å². The molecule has 0 radical (unpaired) electrons. The molecule has 0 rings (SSSR count). The van der Waals surface area contributed by atoms with E-state index in [-0.39, 0.29) is 6.61 Å². The van der Waals surface area contributed by atoms with Crippen molar-refractivity contribution in [2.45, 2.75) is 117 Å². The normalized spacial score (nSPS) is 18.6. The number of hydrogen-bond acceptors (Lipinski definition) is 6. The summed E-state index contributed by atoms with van der Waals surface area (Å²) in [5.41, 5.74) is 0. The van der Waals surface area contributed by atoms with E-state index in [1.54, 1.807) is 0 Å². The summed E-state index contributed by atoms with van der Waals surface area (Å²) in [4.78, 5) is 12.2. The summed E-state index contributed by atoms with van der Waals surface area (Å²) in [7, 11) is 1.27. The standard InChI is InChI=1S/C28H60NO6P/c1-23(2)12-9-13-24(3)14-10-15-25(4)16-11-17-26(5)18-19-28(27(31)22-30)35-36(32,33)34-21-20-29(6,7)8/h23-28,30-31H,9-22H2,1-8H3/t24?,25?,26?,27-,28?/m0/s1. The summed E-state index contributed by atoms with van der Waals surface area (Å²) in [6.45, 7) is 11.5. The lowest BCUT2D eigenvalue weighted by Crippen LogP contribution is -2.38. The molecule has 8 heteroatoms. The maximum absolute atomic E-state index is 12.2. The van der Waals surface area contributed by atoms with Crippen LogP contribution in [-0.4, -0.2) is 67.8 Å². The molecule has 218 valence electrons. The van der Waals surface area contributed by atoms with Crippen LogP contribution >= 0.6 is 7.82 Å². The van der Waals surface area contributed by atoms with E-state index in [0.29, 0.717) is 23.4 Å². The van der Waals surface area contributed by atoms with Crippen molar-refractivity contribution >= 4 is 7.82 Å². The molecule has 0 aliphatic carbocycles.